The van der Waals surface area contributed by atoms with E-state index in [2.05, 4.69) is 4.72 Å². The average Bonchev–Trinajstić information content (AvgIpc) is 3.01. The second-order valence-corrected chi connectivity index (χ2v) is 7.17. The number of nitrogens with one attached hydrogen (secondary N) is 1. The molecule has 0 radical (unpaired) electrons. The van der Waals surface area contributed by atoms with Gasteiger partial charge in [-0.1, -0.05) is 18.2 Å². The van der Waals surface area contributed by atoms with Gasteiger partial charge in [-0.2, -0.15) is 0 Å². The Balaban J connectivity index is 2.04. The quantitative estimate of drug-likeness (QED) is 0.847. The third kappa shape index (κ3) is 3.75. The molecule has 0 saturated heterocycles. The van der Waals surface area contributed by atoms with Crippen molar-refractivity contribution in [1.82, 2.24) is 4.72 Å². The van der Waals surface area contributed by atoms with E-state index in [0.717, 1.165) is 5.56 Å². The minimum Gasteiger partial charge on any atom is -0.493 e. The van der Waals surface area contributed by atoms with Crippen molar-refractivity contribution in [3.63, 3.8) is 0 Å². The smallest absolute Gasteiger partial charge is 0.250 e. The van der Waals surface area contributed by atoms with Gasteiger partial charge in [-0.25, -0.2) is 13.1 Å². The predicted molar refractivity (Wildman–Crippen MR) is 82.8 cm³/mol. The Labute approximate surface area is 128 Å². The molecular weight excluding hydrogens is 310 g/mol. The summed E-state index contributed by atoms with van der Waals surface area (Å²) in [6, 6.07) is 8.84. The molecule has 1 N–H and O–H groups in total. The van der Waals surface area contributed by atoms with E-state index in [9.17, 15) is 8.42 Å². The predicted octanol–water partition coefficient (Wildman–Crippen LogP) is 2.29. The van der Waals surface area contributed by atoms with Gasteiger partial charge < -0.3 is 9.47 Å². The molecule has 114 valence electrons. The van der Waals surface area contributed by atoms with Crippen LogP contribution in [0.1, 0.15) is 5.56 Å². The lowest BCUT2D eigenvalue weighted by atomic mass is 10.1. The number of rotatable bonds is 7. The van der Waals surface area contributed by atoms with E-state index in [1.54, 1.807) is 37.8 Å². The number of hydrogen-bond acceptors (Lipinski definition) is 5. The van der Waals surface area contributed by atoms with Crippen molar-refractivity contribution in [3.8, 4) is 11.5 Å². The Hall–Kier alpha value is -1.57. The fourth-order valence-corrected chi connectivity index (χ4v) is 4.03. The largest absolute Gasteiger partial charge is 0.493 e. The minimum absolute atomic E-state index is 0.295. The van der Waals surface area contributed by atoms with E-state index in [1.807, 2.05) is 12.1 Å². The van der Waals surface area contributed by atoms with Crippen LogP contribution in [0.3, 0.4) is 0 Å². The maximum absolute atomic E-state index is 12.0. The number of benzene rings is 1. The number of sulfonamides is 1. The summed E-state index contributed by atoms with van der Waals surface area (Å²) in [5.41, 5.74) is 0.894. The fourth-order valence-electron chi connectivity index (χ4n) is 1.96. The van der Waals surface area contributed by atoms with E-state index < -0.39 is 10.0 Å². The zero-order chi connectivity index (χ0) is 15.3. The highest BCUT2D eigenvalue weighted by Gasteiger charge is 2.15. The second-order valence-electron chi connectivity index (χ2n) is 4.23. The van der Waals surface area contributed by atoms with Gasteiger partial charge in [0, 0.05) is 6.54 Å². The Kier molecular flexibility index (Phi) is 5.22. The highest BCUT2D eigenvalue weighted by molar-refractivity contribution is 7.91. The van der Waals surface area contributed by atoms with Crippen LogP contribution in [-0.2, 0) is 16.4 Å². The summed E-state index contributed by atoms with van der Waals surface area (Å²) in [6.07, 6.45) is 0.519. The van der Waals surface area contributed by atoms with E-state index in [4.69, 9.17) is 9.47 Å². The third-order valence-corrected chi connectivity index (χ3v) is 5.79. The van der Waals surface area contributed by atoms with Gasteiger partial charge in [0.25, 0.3) is 0 Å². The molecule has 0 aliphatic heterocycles. The van der Waals surface area contributed by atoms with Crippen molar-refractivity contribution in [3.05, 3.63) is 41.3 Å². The van der Waals surface area contributed by atoms with Crippen LogP contribution >= 0.6 is 11.3 Å². The molecule has 2 rings (SSSR count). The van der Waals surface area contributed by atoms with Crippen molar-refractivity contribution in [2.24, 2.45) is 0 Å². The molecule has 0 spiro atoms. The van der Waals surface area contributed by atoms with Crippen molar-refractivity contribution in [1.29, 1.82) is 0 Å². The van der Waals surface area contributed by atoms with Crippen LogP contribution in [0.25, 0.3) is 0 Å². The lowest BCUT2D eigenvalue weighted by Crippen LogP contribution is -2.25. The minimum atomic E-state index is -3.43. The zero-order valence-electron chi connectivity index (χ0n) is 11.8. The summed E-state index contributed by atoms with van der Waals surface area (Å²) in [4.78, 5) is 0. The number of para-hydroxylation sites is 1. The molecule has 1 heterocycles. The van der Waals surface area contributed by atoms with Gasteiger partial charge in [-0.05, 0) is 29.5 Å². The molecule has 0 fully saturated rings. The van der Waals surface area contributed by atoms with Gasteiger partial charge in [0.1, 0.15) is 4.21 Å². The van der Waals surface area contributed by atoms with Crippen LogP contribution in [-0.4, -0.2) is 29.2 Å². The Morgan fingerprint density at radius 2 is 1.95 bits per heavy atom. The molecule has 0 aliphatic rings. The molecule has 0 unspecified atom stereocenters. The number of hydrogen-bond donors (Lipinski definition) is 1. The van der Waals surface area contributed by atoms with Crippen molar-refractivity contribution >= 4 is 21.4 Å². The van der Waals surface area contributed by atoms with Crippen LogP contribution in [0.15, 0.2) is 39.9 Å². The highest BCUT2D eigenvalue weighted by atomic mass is 32.2. The van der Waals surface area contributed by atoms with E-state index in [0.29, 0.717) is 28.7 Å². The first kappa shape index (κ1) is 15.8. The first-order valence-electron chi connectivity index (χ1n) is 6.31. The van der Waals surface area contributed by atoms with Crippen LogP contribution in [0.5, 0.6) is 11.5 Å². The summed E-state index contributed by atoms with van der Waals surface area (Å²) in [7, 11) is -0.289. The first-order valence-corrected chi connectivity index (χ1v) is 8.68. The summed E-state index contributed by atoms with van der Waals surface area (Å²) in [6.45, 7) is 0.295. The number of thiophene rings is 1. The molecule has 7 heteroatoms. The molecular formula is C14H17NO4S2. The third-order valence-electron chi connectivity index (χ3n) is 2.93. The summed E-state index contributed by atoms with van der Waals surface area (Å²) in [5, 5.41) is 1.74. The normalized spacial score (nSPS) is 11.3. The molecule has 0 saturated carbocycles. The first-order chi connectivity index (χ1) is 10.1. The van der Waals surface area contributed by atoms with Gasteiger partial charge in [-0.3, -0.25) is 0 Å². The molecule has 0 amide bonds. The van der Waals surface area contributed by atoms with Crippen LogP contribution in [0.2, 0.25) is 0 Å². The van der Waals surface area contributed by atoms with Gasteiger partial charge >= 0.3 is 0 Å². The SMILES string of the molecule is COc1cccc(CCNS(=O)(=O)c2cccs2)c1OC. The number of methoxy groups -OCH3 is 2. The Bertz CT molecular complexity index is 681. The second kappa shape index (κ2) is 6.93. The highest BCUT2D eigenvalue weighted by Crippen LogP contribution is 2.30. The van der Waals surface area contributed by atoms with Gasteiger partial charge in [-0.15, -0.1) is 11.3 Å². The standard InChI is InChI=1S/C14H17NO4S2/c1-18-12-6-3-5-11(14(12)19-2)8-9-15-21(16,17)13-7-4-10-20-13/h3-7,10,15H,8-9H2,1-2H3. The van der Waals surface area contributed by atoms with Crippen LogP contribution < -0.4 is 14.2 Å². The lowest BCUT2D eigenvalue weighted by Gasteiger charge is -2.12. The fraction of sp³-hybridized carbons (Fsp3) is 0.286. The molecule has 0 bridgehead atoms. The lowest BCUT2D eigenvalue weighted by molar-refractivity contribution is 0.351. The van der Waals surface area contributed by atoms with Gasteiger partial charge in [0.15, 0.2) is 11.5 Å². The maximum Gasteiger partial charge on any atom is 0.250 e. The topological polar surface area (TPSA) is 64.6 Å². The van der Waals surface area contributed by atoms with Crippen molar-refractivity contribution < 1.29 is 17.9 Å². The summed E-state index contributed by atoms with van der Waals surface area (Å²) < 4.78 is 37.5. The van der Waals surface area contributed by atoms with Crippen molar-refractivity contribution in [2.45, 2.75) is 10.6 Å². The zero-order valence-corrected chi connectivity index (χ0v) is 13.5. The van der Waals surface area contributed by atoms with E-state index >= 15 is 0 Å². The molecule has 1 aromatic carbocycles. The summed E-state index contributed by atoms with van der Waals surface area (Å²) in [5.74, 6) is 1.27. The Morgan fingerprint density at radius 1 is 1.14 bits per heavy atom. The number of ether oxygens (including phenoxy) is 2. The average molecular weight is 327 g/mol. The van der Waals surface area contributed by atoms with Gasteiger partial charge in [0.2, 0.25) is 10.0 Å². The van der Waals surface area contributed by atoms with E-state index in [1.165, 1.54) is 11.3 Å². The van der Waals surface area contributed by atoms with E-state index in [-0.39, 0.29) is 0 Å². The Morgan fingerprint density at radius 3 is 2.57 bits per heavy atom. The van der Waals surface area contributed by atoms with Gasteiger partial charge in [0.05, 0.1) is 14.2 Å². The molecule has 1 aromatic heterocycles. The van der Waals surface area contributed by atoms with Crippen LogP contribution in [0.4, 0.5) is 0 Å². The molecule has 5 nitrogen and oxygen atoms in total. The monoisotopic (exact) mass is 327 g/mol. The molecule has 0 aliphatic carbocycles. The molecule has 21 heavy (non-hydrogen) atoms. The molecule has 0 atom stereocenters. The van der Waals surface area contributed by atoms with Crippen molar-refractivity contribution in [2.75, 3.05) is 20.8 Å². The van der Waals surface area contributed by atoms with Crippen LogP contribution in [0, 0.1) is 0 Å². The maximum atomic E-state index is 12.0. The molecule has 2 aromatic rings. The summed E-state index contributed by atoms with van der Waals surface area (Å²) >= 11 is 1.19.